The summed E-state index contributed by atoms with van der Waals surface area (Å²) in [5.74, 6) is -5.23. The third-order valence-corrected chi connectivity index (χ3v) is 10.1. The minimum atomic E-state index is -1.20. The summed E-state index contributed by atoms with van der Waals surface area (Å²) < 4.78 is 0. The van der Waals surface area contributed by atoms with E-state index in [1.807, 2.05) is 4.90 Å². The van der Waals surface area contributed by atoms with E-state index in [0.717, 1.165) is 19.3 Å². The van der Waals surface area contributed by atoms with E-state index in [9.17, 15) is 33.6 Å². The van der Waals surface area contributed by atoms with Crippen LogP contribution in [0.2, 0.25) is 0 Å². The highest BCUT2D eigenvalue weighted by atomic mass is 16.4. The molecule has 0 spiro atoms. The van der Waals surface area contributed by atoms with Gasteiger partial charge in [-0.2, -0.15) is 0 Å². The van der Waals surface area contributed by atoms with Crippen LogP contribution in [0, 0.1) is 0 Å². The Hall–Kier alpha value is -3.87. The maximum Gasteiger partial charge on any atom is 0.322 e. The van der Waals surface area contributed by atoms with Gasteiger partial charge in [0.1, 0.15) is 19.6 Å². The third kappa shape index (κ3) is 31.2. The number of nitrogens with one attached hydrogen (secondary N) is 4. The van der Waals surface area contributed by atoms with Crippen LogP contribution in [0.25, 0.3) is 0 Å². The van der Waals surface area contributed by atoms with E-state index in [1.54, 1.807) is 14.7 Å². The van der Waals surface area contributed by atoms with Gasteiger partial charge in [0.15, 0.2) is 0 Å². The number of carboxylic acids is 3. The second kappa shape index (κ2) is 34.0. The molecule has 1 rings (SSSR count). The summed E-state index contributed by atoms with van der Waals surface area (Å²) in [6.45, 7) is 3.33. The fourth-order valence-electron chi connectivity index (χ4n) is 6.67. The zero-order chi connectivity index (χ0) is 42.8. The van der Waals surface area contributed by atoms with Crippen molar-refractivity contribution in [1.29, 1.82) is 0 Å². The van der Waals surface area contributed by atoms with Crippen LogP contribution >= 0.6 is 0 Å². The highest BCUT2D eigenvalue weighted by Gasteiger charge is 2.22. The third-order valence-electron chi connectivity index (χ3n) is 10.1. The maximum atomic E-state index is 13.1. The molecule has 334 valence electrons. The number of aliphatic carboxylic acids is 3. The van der Waals surface area contributed by atoms with Gasteiger partial charge < -0.3 is 36.6 Å². The Morgan fingerprint density at radius 1 is 0.362 bits per heavy atom. The average Bonchev–Trinajstić information content (AvgIpc) is 3.17. The van der Waals surface area contributed by atoms with Gasteiger partial charge in [0.25, 0.3) is 0 Å². The van der Waals surface area contributed by atoms with E-state index in [0.29, 0.717) is 32.7 Å². The topological polar surface area (TPSA) is 241 Å². The first-order chi connectivity index (χ1) is 27.9. The number of carbonyl (C=O) groups excluding carboxylic acids is 4. The molecule has 18 nitrogen and oxygen atoms in total. The number of carbonyl (C=O) groups is 7. The summed E-state index contributed by atoms with van der Waals surface area (Å²) >= 11 is 0. The quantitative estimate of drug-likeness (QED) is 0.0486. The van der Waals surface area contributed by atoms with Gasteiger partial charge in [0.05, 0.1) is 26.2 Å². The number of rotatable bonds is 31. The molecular formula is C40H74N8O10. The lowest BCUT2D eigenvalue weighted by atomic mass is 10.0. The molecular weight excluding hydrogens is 752 g/mol. The molecule has 0 aromatic rings. The van der Waals surface area contributed by atoms with Gasteiger partial charge in [-0.15, -0.1) is 0 Å². The van der Waals surface area contributed by atoms with Crippen molar-refractivity contribution < 1.29 is 48.9 Å². The highest BCUT2D eigenvalue weighted by Crippen LogP contribution is 2.13. The Morgan fingerprint density at radius 3 is 0.828 bits per heavy atom. The van der Waals surface area contributed by atoms with Crippen molar-refractivity contribution in [3.63, 3.8) is 0 Å². The van der Waals surface area contributed by atoms with Gasteiger partial charge in [-0.25, -0.2) is 0 Å². The van der Waals surface area contributed by atoms with Crippen LogP contribution in [0.4, 0.5) is 0 Å². The minimum Gasteiger partial charge on any atom is -0.480 e. The molecule has 1 fully saturated rings. The Bertz CT molecular complexity index is 1160. The van der Waals surface area contributed by atoms with Crippen LogP contribution < -0.4 is 21.3 Å². The van der Waals surface area contributed by atoms with E-state index in [1.165, 1.54) is 83.5 Å². The molecule has 0 saturated carbocycles. The minimum absolute atomic E-state index is 0.0762. The van der Waals surface area contributed by atoms with Crippen LogP contribution in [-0.2, 0) is 33.6 Å². The van der Waals surface area contributed by atoms with Crippen molar-refractivity contribution in [2.75, 3.05) is 105 Å². The predicted molar refractivity (Wildman–Crippen MR) is 220 cm³/mol. The van der Waals surface area contributed by atoms with E-state index in [2.05, 4.69) is 28.2 Å². The number of amides is 4. The van der Waals surface area contributed by atoms with E-state index in [-0.39, 0.29) is 58.3 Å². The standard InChI is InChI=1S/C40H74N8O10/c1-2-3-4-5-6-7-8-9-10-11-12-13-14-15-16-17-18-41-34(49)30-45-19-21-46(31-35(50)42-27-38(53)54)23-25-48(33-37(52)44-29-40(57)58)26-24-47(22-20-45)32-36(51)43-28-39(55)56/h2-33H2,1H3,(H,41,49)(H,42,50)(H,43,51)(H,44,52)(H,53,54)(H,55,56)(H,57,58). The van der Waals surface area contributed by atoms with Gasteiger partial charge in [-0.05, 0) is 6.42 Å². The molecule has 0 atom stereocenters. The second-order valence-electron chi connectivity index (χ2n) is 15.3. The monoisotopic (exact) mass is 827 g/mol. The lowest BCUT2D eigenvalue weighted by Crippen LogP contribution is -2.51. The average molecular weight is 827 g/mol. The fourth-order valence-corrected chi connectivity index (χ4v) is 6.67. The zero-order valence-electron chi connectivity index (χ0n) is 35.1. The van der Waals surface area contributed by atoms with Crippen molar-refractivity contribution in [2.45, 2.75) is 110 Å². The molecule has 0 radical (unpaired) electrons. The number of hydrogen-bond donors (Lipinski definition) is 7. The molecule has 0 bridgehead atoms. The summed E-state index contributed by atoms with van der Waals surface area (Å²) in [5, 5.41) is 37.1. The summed E-state index contributed by atoms with van der Waals surface area (Å²) in [6, 6.07) is 0. The molecule has 18 heteroatoms. The van der Waals surface area contributed by atoms with E-state index < -0.39 is 55.3 Å². The first kappa shape index (κ1) is 52.1. The highest BCUT2D eigenvalue weighted by molar-refractivity contribution is 5.83. The molecule has 7 N–H and O–H groups in total. The SMILES string of the molecule is CCCCCCCCCCCCCCCCCCNC(=O)CN1CCN(CC(=O)NCC(=O)O)CCN(CC(=O)NCC(=O)O)CCN(CC(=O)NCC(=O)O)CC1. The van der Waals surface area contributed by atoms with Gasteiger partial charge in [-0.1, -0.05) is 103 Å². The van der Waals surface area contributed by atoms with Crippen molar-refractivity contribution in [1.82, 2.24) is 40.9 Å². The molecule has 0 aromatic carbocycles. The van der Waals surface area contributed by atoms with Crippen LogP contribution in [-0.4, -0.2) is 181 Å². The maximum absolute atomic E-state index is 13.1. The molecule has 1 saturated heterocycles. The van der Waals surface area contributed by atoms with Crippen molar-refractivity contribution in [3.8, 4) is 0 Å². The molecule has 0 aromatic heterocycles. The summed E-state index contributed by atoms with van der Waals surface area (Å²) in [4.78, 5) is 91.2. The summed E-state index contributed by atoms with van der Waals surface area (Å²) in [6.07, 6.45) is 20.3. The Kier molecular flexibility index (Phi) is 30.6. The first-order valence-corrected chi connectivity index (χ1v) is 21.5. The van der Waals surface area contributed by atoms with Crippen LogP contribution in [0.15, 0.2) is 0 Å². The van der Waals surface area contributed by atoms with Crippen molar-refractivity contribution in [3.05, 3.63) is 0 Å². The van der Waals surface area contributed by atoms with E-state index in [4.69, 9.17) is 15.3 Å². The zero-order valence-corrected chi connectivity index (χ0v) is 35.1. The normalized spacial score (nSPS) is 15.1. The molecule has 58 heavy (non-hydrogen) atoms. The first-order valence-electron chi connectivity index (χ1n) is 21.5. The molecule has 0 aliphatic carbocycles. The fraction of sp³-hybridized carbons (Fsp3) is 0.825. The van der Waals surface area contributed by atoms with Gasteiger partial charge in [-0.3, -0.25) is 53.2 Å². The molecule has 1 aliphatic heterocycles. The number of unbranched alkanes of at least 4 members (excludes halogenated alkanes) is 15. The Balaban J connectivity index is 2.72. The van der Waals surface area contributed by atoms with Gasteiger partial charge in [0.2, 0.25) is 23.6 Å². The van der Waals surface area contributed by atoms with Crippen molar-refractivity contribution >= 4 is 41.5 Å². The predicted octanol–water partition coefficient (Wildman–Crippen LogP) is 1.19. The molecule has 4 amide bonds. The molecule has 1 heterocycles. The Labute approximate surface area is 345 Å². The second-order valence-corrected chi connectivity index (χ2v) is 15.3. The van der Waals surface area contributed by atoms with E-state index >= 15 is 0 Å². The lowest BCUT2D eigenvalue weighted by molar-refractivity contribution is -0.138. The Morgan fingerprint density at radius 2 is 0.586 bits per heavy atom. The molecule has 0 unspecified atom stereocenters. The number of hydrogen-bond acceptors (Lipinski definition) is 11. The van der Waals surface area contributed by atoms with Crippen LogP contribution in [0.5, 0.6) is 0 Å². The summed E-state index contributed by atoms with van der Waals surface area (Å²) in [5.41, 5.74) is 0. The van der Waals surface area contributed by atoms with Crippen LogP contribution in [0.3, 0.4) is 0 Å². The number of carboxylic acid groups (broad SMARTS) is 3. The van der Waals surface area contributed by atoms with Gasteiger partial charge >= 0.3 is 17.9 Å². The van der Waals surface area contributed by atoms with Crippen molar-refractivity contribution in [2.24, 2.45) is 0 Å². The number of nitrogens with zero attached hydrogens (tertiary/aromatic N) is 4. The van der Waals surface area contributed by atoms with Crippen LogP contribution in [0.1, 0.15) is 110 Å². The largest absolute Gasteiger partial charge is 0.480 e. The lowest BCUT2D eigenvalue weighted by Gasteiger charge is -2.33. The molecule has 1 aliphatic rings. The smallest absolute Gasteiger partial charge is 0.322 e. The summed E-state index contributed by atoms with van der Waals surface area (Å²) in [7, 11) is 0. The van der Waals surface area contributed by atoms with Gasteiger partial charge in [0, 0.05) is 58.9 Å².